The van der Waals surface area contributed by atoms with Crippen molar-refractivity contribution in [1.82, 2.24) is 0 Å². The maximum absolute atomic E-state index is 7.00. The van der Waals surface area contributed by atoms with E-state index < -0.39 is 26.2 Å². The lowest BCUT2D eigenvalue weighted by Crippen LogP contribution is -2.41. The lowest BCUT2D eigenvalue weighted by atomic mass is 9.80. The first-order valence-electron chi connectivity index (χ1n) is 15.6. The van der Waals surface area contributed by atoms with Gasteiger partial charge in [-0.05, 0) is 70.1 Å². The van der Waals surface area contributed by atoms with Gasteiger partial charge in [0, 0.05) is 18.9 Å². The zero-order valence-electron chi connectivity index (χ0n) is 26.3. The Morgan fingerprint density at radius 3 is 2.27 bits per heavy atom. The van der Waals surface area contributed by atoms with Crippen LogP contribution in [0.4, 0.5) is 0 Å². The Morgan fingerprint density at radius 1 is 1.00 bits per heavy atom. The van der Waals surface area contributed by atoms with Gasteiger partial charge in [-0.1, -0.05) is 96.3 Å². The molecule has 1 fully saturated rings. The van der Waals surface area contributed by atoms with E-state index >= 15 is 0 Å². The van der Waals surface area contributed by atoms with Gasteiger partial charge in [-0.25, -0.2) is 0 Å². The summed E-state index contributed by atoms with van der Waals surface area (Å²) in [6.45, 7) is 26.4. The van der Waals surface area contributed by atoms with E-state index in [9.17, 15) is 0 Å². The predicted octanol–water partition coefficient (Wildman–Crippen LogP) is 9.30. The Bertz CT molecular complexity index is 729. The van der Waals surface area contributed by atoms with E-state index in [2.05, 4.69) is 89.9 Å². The van der Waals surface area contributed by atoms with Gasteiger partial charge in [0.15, 0.2) is 18.1 Å². The molecule has 0 aliphatic heterocycles. The molecule has 1 aliphatic carbocycles. The van der Waals surface area contributed by atoms with Gasteiger partial charge in [0.05, 0.1) is 5.60 Å². The number of hydrogen-bond donors (Lipinski definition) is 0. The molecule has 2 nitrogen and oxygen atoms in total. The summed E-state index contributed by atoms with van der Waals surface area (Å²) in [6, 6.07) is 0. The second-order valence-electron chi connectivity index (χ2n) is 13.1. The third-order valence-electron chi connectivity index (χ3n) is 7.49. The molecule has 0 aromatic rings. The van der Waals surface area contributed by atoms with Crippen LogP contribution in [0.5, 0.6) is 0 Å². The fraction of sp³-hybridized carbons (Fsp3) is 0.812. The molecule has 1 aliphatic rings. The zero-order chi connectivity index (χ0) is 27.9. The summed E-state index contributed by atoms with van der Waals surface area (Å²) in [6.07, 6.45) is 19.7. The topological polar surface area (TPSA) is 18.5 Å². The van der Waals surface area contributed by atoms with E-state index in [1.165, 1.54) is 63.4 Å². The molecule has 5 heteroatoms. The second kappa shape index (κ2) is 18.1. The van der Waals surface area contributed by atoms with E-state index in [0.29, 0.717) is 17.8 Å². The quantitative estimate of drug-likeness (QED) is 0.0717. The highest BCUT2D eigenvalue weighted by atomic mass is 28.3. The van der Waals surface area contributed by atoms with E-state index in [0.717, 1.165) is 25.9 Å². The highest BCUT2D eigenvalue weighted by molar-refractivity contribution is 6.83. The van der Waals surface area contributed by atoms with E-state index in [1.807, 2.05) is 0 Å². The Labute approximate surface area is 236 Å². The highest BCUT2D eigenvalue weighted by Crippen LogP contribution is 2.51. The zero-order valence-corrected chi connectivity index (χ0v) is 29.6. The summed E-state index contributed by atoms with van der Waals surface area (Å²) in [5.41, 5.74) is 4.94. The van der Waals surface area contributed by atoms with Crippen molar-refractivity contribution in [3.05, 3.63) is 24.3 Å². The summed E-state index contributed by atoms with van der Waals surface area (Å²) < 4.78 is 12.9. The number of allylic oxidation sites excluding steroid dienone is 1. The van der Waals surface area contributed by atoms with E-state index in [-0.39, 0.29) is 5.60 Å². The molecule has 0 bridgehead atoms. The lowest BCUT2D eigenvalue weighted by Gasteiger charge is -2.38. The van der Waals surface area contributed by atoms with Crippen LogP contribution in [0.15, 0.2) is 24.3 Å². The van der Waals surface area contributed by atoms with Crippen molar-refractivity contribution in [2.45, 2.75) is 142 Å². The smallest absolute Gasteiger partial charge is 0.171 e. The summed E-state index contributed by atoms with van der Waals surface area (Å²) >= 11 is 0. The van der Waals surface area contributed by atoms with Crippen LogP contribution in [0.25, 0.3) is 0 Å². The second-order valence-corrected chi connectivity index (χ2v) is 22.6. The molecule has 4 atom stereocenters. The largest absolute Gasteiger partial charge is 0.421 e. The molecule has 0 heterocycles. The maximum Gasteiger partial charge on any atom is 0.171 e. The normalized spacial score (nSPS) is 23.3. The van der Waals surface area contributed by atoms with Crippen LogP contribution in [0.3, 0.4) is 0 Å². The molecule has 0 aromatic heterocycles. The first kappa shape index (κ1) is 34.6. The standard InChI is InChI=1S/C32H62O2Si3/c1-11-13-19-29(20-16-15-17-25-33-35(4)5)22-23-31-30(21-18-26-37(8,9)10)28(3)27-32(31,24-14-12-2)34-36(6)7/h22-23,29-31,35-36H,3,11-17,19-21,24-25,27H2,1-2,4-10H3/t29-,30-,31+,32+/m0/s1. The Hall–Kier alpha value is -0.389. The van der Waals surface area contributed by atoms with Crippen LogP contribution in [0.2, 0.25) is 45.8 Å². The third-order valence-corrected chi connectivity index (χ3v) is 10.3. The van der Waals surface area contributed by atoms with Crippen LogP contribution >= 0.6 is 0 Å². The van der Waals surface area contributed by atoms with Gasteiger partial charge in [-0.15, -0.1) is 11.5 Å². The third kappa shape index (κ3) is 14.0. The average molecular weight is 563 g/mol. The molecule has 1 saturated carbocycles. The minimum Gasteiger partial charge on any atom is -0.421 e. The van der Waals surface area contributed by atoms with Crippen molar-refractivity contribution >= 4 is 26.2 Å². The van der Waals surface area contributed by atoms with Crippen molar-refractivity contribution < 1.29 is 8.85 Å². The van der Waals surface area contributed by atoms with Gasteiger partial charge >= 0.3 is 0 Å². The van der Waals surface area contributed by atoms with Gasteiger partial charge in [0.1, 0.15) is 8.07 Å². The Kier molecular flexibility index (Phi) is 16.9. The van der Waals surface area contributed by atoms with Gasteiger partial charge in [0.2, 0.25) is 0 Å². The minimum atomic E-state index is -1.38. The van der Waals surface area contributed by atoms with Gasteiger partial charge in [-0.3, -0.25) is 0 Å². The van der Waals surface area contributed by atoms with Gasteiger partial charge in [0.25, 0.3) is 0 Å². The SMILES string of the molecule is C=C1C[C@@](CCCC)(O[SiH](C)C)[C@H](C=C[C@@H](CCCC)CCCCCO[SiH](C)C)[C@H]1CC#C[Si](C)(C)C. The summed E-state index contributed by atoms with van der Waals surface area (Å²) in [5, 5.41) is 0. The molecule has 0 spiro atoms. The Balaban J connectivity index is 3.13. The predicted molar refractivity (Wildman–Crippen MR) is 174 cm³/mol. The minimum absolute atomic E-state index is 0.0666. The van der Waals surface area contributed by atoms with Crippen molar-refractivity contribution in [3.63, 3.8) is 0 Å². The van der Waals surface area contributed by atoms with Crippen molar-refractivity contribution in [1.29, 1.82) is 0 Å². The molecular formula is C32H62O2Si3. The first-order valence-corrected chi connectivity index (χ1v) is 24.7. The molecular weight excluding hydrogens is 501 g/mol. The highest BCUT2D eigenvalue weighted by Gasteiger charge is 2.49. The molecule has 0 aromatic carbocycles. The fourth-order valence-electron chi connectivity index (χ4n) is 5.72. The van der Waals surface area contributed by atoms with Crippen LogP contribution < -0.4 is 0 Å². The molecule has 0 radical (unpaired) electrons. The lowest BCUT2D eigenvalue weighted by molar-refractivity contribution is 0.0271. The molecule has 214 valence electrons. The van der Waals surface area contributed by atoms with Crippen molar-refractivity contribution in [3.8, 4) is 11.5 Å². The molecule has 0 unspecified atom stereocenters. The first-order chi connectivity index (χ1) is 17.4. The summed E-state index contributed by atoms with van der Waals surface area (Å²) in [5.74, 6) is 5.12. The Morgan fingerprint density at radius 2 is 1.68 bits per heavy atom. The summed E-state index contributed by atoms with van der Waals surface area (Å²) in [7, 11) is -3.46. The van der Waals surface area contributed by atoms with E-state index in [4.69, 9.17) is 8.85 Å². The average Bonchev–Trinajstić information content (AvgIpc) is 3.04. The molecule has 0 N–H and O–H groups in total. The van der Waals surface area contributed by atoms with Gasteiger partial charge < -0.3 is 8.85 Å². The van der Waals surface area contributed by atoms with Crippen LogP contribution in [0, 0.1) is 29.2 Å². The molecule has 0 amide bonds. The van der Waals surface area contributed by atoms with Gasteiger partial charge in [-0.2, -0.15) is 0 Å². The fourth-order valence-corrected chi connectivity index (χ4v) is 8.29. The number of hydrogen-bond acceptors (Lipinski definition) is 2. The molecule has 0 saturated heterocycles. The maximum atomic E-state index is 7.00. The molecule has 1 rings (SSSR count). The summed E-state index contributed by atoms with van der Waals surface area (Å²) in [4.78, 5) is 0. The van der Waals surface area contributed by atoms with Crippen LogP contribution in [-0.2, 0) is 8.85 Å². The number of unbranched alkanes of at least 4 members (excludes halogenated alkanes) is 4. The van der Waals surface area contributed by atoms with Crippen molar-refractivity contribution in [2.24, 2.45) is 17.8 Å². The molecule has 37 heavy (non-hydrogen) atoms. The monoisotopic (exact) mass is 562 g/mol. The van der Waals surface area contributed by atoms with E-state index in [1.54, 1.807) is 0 Å². The van der Waals surface area contributed by atoms with Crippen LogP contribution in [-0.4, -0.2) is 38.4 Å². The van der Waals surface area contributed by atoms with Crippen LogP contribution in [0.1, 0.15) is 90.9 Å². The van der Waals surface area contributed by atoms with Crippen molar-refractivity contribution in [2.75, 3.05) is 6.61 Å². The number of rotatable bonds is 18.